The molecule has 1 fully saturated rings. The summed E-state index contributed by atoms with van der Waals surface area (Å²) in [6, 6.07) is 5.81. The molecule has 2 rings (SSSR count). The smallest absolute Gasteiger partial charge is 0.232 e. The first-order valence-electron chi connectivity index (χ1n) is 8.18. The number of benzene rings is 1. The van der Waals surface area contributed by atoms with Gasteiger partial charge in [0.2, 0.25) is 15.9 Å². The third-order valence-corrected chi connectivity index (χ3v) is 5.61. The molecule has 1 N–H and O–H groups in total. The van der Waals surface area contributed by atoms with Crippen LogP contribution in [0.4, 0.5) is 5.69 Å². The highest BCUT2D eigenvalue weighted by atomic mass is 32.2. The number of carbonyl (C=O) groups excluding carboxylic acids is 1. The van der Waals surface area contributed by atoms with Crippen molar-refractivity contribution in [1.29, 1.82) is 0 Å². The van der Waals surface area contributed by atoms with Gasteiger partial charge in [0.25, 0.3) is 0 Å². The van der Waals surface area contributed by atoms with Crippen molar-refractivity contribution in [3.05, 3.63) is 29.3 Å². The minimum atomic E-state index is -3.40. The Hall–Kier alpha value is -1.56. The van der Waals surface area contributed by atoms with Crippen molar-refractivity contribution in [3.8, 4) is 0 Å². The van der Waals surface area contributed by atoms with Gasteiger partial charge in [0, 0.05) is 12.5 Å². The topological polar surface area (TPSA) is 66.5 Å². The van der Waals surface area contributed by atoms with Gasteiger partial charge in [-0.05, 0) is 37.3 Å². The summed E-state index contributed by atoms with van der Waals surface area (Å²) in [4.78, 5) is 11.9. The number of carbonyl (C=O) groups is 1. The Kier molecular flexibility index (Phi) is 5.68. The Morgan fingerprint density at radius 2 is 2.04 bits per heavy atom. The van der Waals surface area contributed by atoms with Crippen LogP contribution in [-0.4, -0.2) is 33.7 Å². The second-order valence-corrected chi connectivity index (χ2v) is 8.10. The lowest BCUT2D eigenvalue weighted by atomic mass is 9.85. The number of aryl methyl sites for hydroxylation is 2. The molecular formula is C17H26N2O3S. The maximum Gasteiger partial charge on any atom is 0.232 e. The van der Waals surface area contributed by atoms with Crippen molar-refractivity contribution >= 4 is 21.6 Å². The molecule has 0 aromatic heterocycles. The van der Waals surface area contributed by atoms with Crippen molar-refractivity contribution < 1.29 is 13.2 Å². The lowest BCUT2D eigenvalue weighted by Gasteiger charge is -2.28. The molecule has 0 spiro atoms. The van der Waals surface area contributed by atoms with Crippen LogP contribution in [0.25, 0.3) is 0 Å². The van der Waals surface area contributed by atoms with E-state index in [0.29, 0.717) is 6.54 Å². The molecule has 128 valence electrons. The summed E-state index contributed by atoms with van der Waals surface area (Å²) in [7, 11) is -3.40. The lowest BCUT2D eigenvalue weighted by molar-refractivity contribution is -0.127. The van der Waals surface area contributed by atoms with E-state index in [1.54, 1.807) is 0 Å². The monoisotopic (exact) mass is 338 g/mol. The van der Waals surface area contributed by atoms with E-state index < -0.39 is 10.0 Å². The molecule has 5 nitrogen and oxygen atoms in total. The fourth-order valence-electron chi connectivity index (χ4n) is 2.90. The highest BCUT2D eigenvalue weighted by molar-refractivity contribution is 7.92. The van der Waals surface area contributed by atoms with Gasteiger partial charge >= 0.3 is 0 Å². The highest BCUT2D eigenvalue weighted by Gasteiger charge is 2.26. The number of para-hydroxylation sites is 1. The summed E-state index contributed by atoms with van der Waals surface area (Å²) in [5.41, 5.74) is 2.68. The summed E-state index contributed by atoms with van der Waals surface area (Å²) in [5.74, 6) is 0.163. The zero-order chi connectivity index (χ0) is 17.0. The van der Waals surface area contributed by atoms with E-state index in [4.69, 9.17) is 0 Å². The first kappa shape index (κ1) is 17.8. The van der Waals surface area contributed by atoms with Crippen LogP contribution in [0.2, 0.25) is 0 Å². The van der Waals surface area contributed by atoms with Gasteiger partial charge in [0.05, 0.1) is 18.5 Å². The predicted molar refractivity (Wildman–Crippen MR) is 93.1 cm³/mol. The summed E-state index contributed by atoms with van der Waals surface area (Å²) < 4.78 is 25.9. The van der Waals surface area contributed by atoms with Crippen molar-refractivity contribution in [2.75, 3.05) is 23.7 Å². The highest BCUT2D eigenvalue weighted by Crippen LogP contribution is 2.28. The second-order valence-electron chi connectivity index (χ2n) is 6.19. The Morgan fingerprint density at radius 3 is 2.57 bits per heavy atom. The molecule has 1 aliphatic rings. The van der Waals surface area contributed by atoms with E-state index in [-0.39, 0.29) is 18.4 Å². The minimum absolute atomic E-state index is 0.0465. The van der Waals surface area contributed by atoms with Gasteiger partial charge in [-0.25, -0.2) is 8.42 Å². The summed E-state index contributed by atoms with van der Waals surface area (Å²) in [5, 5.41) is 2.87. The van der Waals surface area contributed by atoms with Gasteiger partial charge in [0.1, 0.15) is 0 Å². The Balaban J connectivity index is 2.13. The molecule has 0 bridgehead atoms. The molecule has 6 heteroatoms. The zero-order valence-electron chi connectivity index (χ0n) is 14.1. The Bertz CT molecular complexity index is 666. The van der Waals surface area contributed by atoms with Crippen LogP contribution in [-0.2, 0) is 21.2 Å². The van der Waals surface area contributed by atoms with Crippen LogP contribution >= 0.6 is 0 Å². The number of anilines is 1. The van der Waals surface area contributed by atoms with Crippen LogP contribution in [0.3, 0.4) is 0 Å². The largest absolute Gasteiger partial charge is 0.354 e. The van der Waals surface area contributed by atoms with Gasteiger partial charge < -0.3 is 5.32 Å². The zero-order valence-corrected chi connectivity index (χ0v) is 14.9. The third kappa shape index (κ3) is 4.25. The average molecular weight is 338 g/mol. The Labute approximate surface area is 139 Å². The lowest BCUT2D eigenvalue weighted by Crippen LogP contribution is -2.41. The van der Waals surface area contributed by atoms with Crippen LogP contribution in [0.1, 0.15) is 37.3 Å². The minimum Gasteiger partial charge on any atom is -0.354 e. The van der Waals surface area contributed by atoms with E-state index in [0.717, 1.165) is 42.5 Å². The number of hydrogen-bond donors (Lipinski definition) is 1. The fraction of sp³-hybridized carbons (Fsp3) is 0.588. The van der Waals surface area contributed by atoms with E-state index in [2.05, 4.69) is 5.32 Å². The van der Waals surface area contributed by atoms with E-state index >= 15 is 0 Å². The maximum atomic E-state index is 12.2. The first-order valence-corrected chi connectivity index (χ1v) is 10.0. The SMILES string of the molecule is CCc1cccc(C)c1N(CCNC(=O)C1CCC1)S(C)(=O)=O. The average Bonchev–Trinajstić information content (AvgIpc) is 2.41. The van der Waals surface area contributed by atoms with Crippen LogP contribution in [0.15, 0.2) is 18.2 Å². The van der Waals surface area contributed by atoms with Crippen molar-refractivity contribution in [2.24, 2.45) is 5.92 Å². The molecule has 0 aliphatic heterocycles. The molecule has 0 unspecified atom stereocenters. The van der Waals surface area contributed by atoms with Crippen LogP contribution in [0, 0.1) is 12.8 Å². The van der Waals surface area contributed by atoms with Gasteiger partial charge in [-0.2, -0.15) is 0 Å². The van der Waals surface area contributed by atoms with Crippen molar-refractivity contribution in [2.45, 2.75) is 39.5 Å². The molecule has 1 saturated carbocycles. The second kappa shape index (κ2) is 7.34. The molecule has 0 heterocycles. The molecule has 23 heavy (non-hydrogen) atoms. The molecule has 0 radical (unpaired) electrons. The molecule has 1 aliphatic carbocycles. The molecule has 0 saturated heterocycles. The van der Waals surface area contributed by atoms with Crippen molar-refractivity contribution in [1.82, 2.24) is 5.32 Å². The molecule has 1 aromatic rings. The quantitative estimate of drug-likeness (QED) is 0.829. The predicted octanol–water partition coefficient (Wildman–Crippen LogP) is 2.24. The number of amides is 1. The molecule has 0 atom stereocenters. The number of rotatable bonds is 7. The van der Waals surface area contributed by atoms with Crippen molar-refractivity contribution in [3.63, 3.8) is 0 Å². The number of sulfonamides is 1. The number of hydrogen-bond acceptors (Lipinski definition) is 3. The van der Waals surface area contributed by atoms with Gasteiger partial charge in [-0.3, -0.25) is 9.10 Å². The van der Waals surface area contributed by atoms with E-state index in [9.17, 15) is 13.2 Å². The molecular weight excluding hydrogens is 312 g/mol. The Morgan fingerprint density at radius 1 is 1.35 bits per heavy atom. The summed E-state index contributed by atoms with van der Waals surface area (Å²) >= 11 is 0. The fourth-order valence-corrected chi connectivity index (χ4v) is 3.92. The van der Waals surface area contributed by atoms with E-state index in [1.165, 1.54) is 10.6 Å². The maximum absolute atomic E-state index is 12.2. The molecule has 1 amide bonds. The summed E-state index contributed by atoms with van der Waals surface area (Å²) in [6.07, 6.45) is 4.97. The van der Waals surface area contributed by atoms with Gasteiger partial charge in [0.15, 0.2) is 0 Å². The van der Waals surface area contributed by atoms with Crippen LogP contribution < -0.4 is 9.62 Å². The standard InChI is InChI=1S/C17H26N2O3S/c1-4-14-8-5-7-13(2)16(14)19(23(3,21)22)12-11-18-17(20)15-9-6-10-15/h5,7-8,15H,4,6,9-12H2,1-3H3,(H,18,20). The third-order valence-electron chi connectivity index (χ3n) is 4.44. The first-order chi connectivity index (χ1) is 10.8. The van der Waals surface area contributed by atoms with Gasteiger partial charge in [-0.15, -0.1) is 0 Å². The number of nitrogens with zero attached hydrogens (tertiary/aromatic N) is 1. The van der Waals surface area contributed by atoms with Gasteiger partial charge in [-0.1, -0.05) is 31.5 Å². The molecule has 1 aromatic carbocycles. The normalized spacial score (nSPS) is 15.1. The summed E-state index contributed by atoms with van der Waals surface area (Å²) in [6.45, 7) is 4.52. The number of nitrogens with one attached hydrogen (secondary N) is 1. The van der Waals surface area contributed by atoms with E-state index in [1.807, 2.05) is 32.0 Å². The van der Waals surface area contributed by atoms with Crippen LogP contribution in [0.5, 0.6) is 0 Å².